The summed E-state index contributed by atoms with van der Waals surface area (Å²) in [5.74, 6) is -0.0840. The van der Waals surface area contributed by atoms with Crippen LogP contribution in [0.2, 0.25) is 0 Å². The fourth-order valence-electron chi connectivity index (χ4n) is 11.8. The zero-order chi connectivity index (χ0) is 47.9. The largest absolute Gasteiger partial charge is 0.438 e. The smallest absolute Gasteiger partial charge is 0.376 e. The van der Waals surface area contributed by atoms with Crippen molar-refractivity contribution in [2.24, 2.45) is 10.3 Å². The molecule has 7 aromatic rings. The lowest BCUT2D eigenvalue weighted by Crippen LogP contribution is -2.41. The monoisotopic (exact) mass is 953 g/mol. The predicted octanol–water partition coefficient (Wildman–Crippen LogP) is 8.35. The number of hydrogen-bond donors (Lipinski definition) is 1. The number of aromatic nitrogens is 7. The van der Waals surface area contributed by atoms with Crippen molar-refractivity contribution >= 4 is 26.5 Å². The molecule has 7 heterocycles. The lowest BCUT2D eigenvalue weighted by atomic mass is 9.83. The lowest BCUT2D eigenvalue weighted by molar-refractivity contribution is -0.0592. The van der Waals surface area contributed by atoms with E-state index in [0.717, 1.165) is 59.2 Å². The van der Waals surface area contributed by atoms with Gasteiger partial charge in [0.05, 0.1) is 43.3 Å². The van der Waals surface area contributed by atoms with Crippen LogP contribution in [0.15, 0.2) is 90.4 Å². The van der Waals surface area contributed by atoms with E-state index < -0.39 is 27.1 Å². The fraction of sp³-hybridized carbons (Fsp3) is 0.442. The Bertz CT molecular complexity index is 3520. The number of carbonyl (C=O) groups excluding carboxylic acids is 1. The van der Waals surface area contributed by atoms with Crippen LogP contribution in [0.5, 0.6) is 0 Å². The number of hydrogen-bond acceptors (Lipinski definition) is 9. The van der Waals surface area contributed by atoms with Gasteiger partial charge in [-0.3, -0.25) is 23.4 Å². The second-order valence-electron chi connectivity index (χ2n) is 20.7. The first-order valence-electron chi connectivity index (χ1n) is 24.3. The number of carbonyl (C=O) groups is 1. The Kier molecular flexibility index (Phi) is 9.92. The summed E-state index contributed by atoms with van der Waals surface area (Å²) in [4.78, 5) is 48.6. The van der Waals surface area contributed by atoms with Crippen LogP contribution in [0.25, 0.3) is 28.1 Å². The minimum absolute atomic E-state index is 0.0157. The standard InChI is InChI=1S/C52H56FN9O6S/c1-29-22-38(23-30(2)45(29)53)62-46(60-20-19-59(50(60)65)37-10-14-43-34(25-37)8-7-17-54-69(43,66)39-11-12-39)44-32(4)58(18-15-40(44)56-62)47(63)42-26-36-24-33(35-16-21-67-51(5,6)28-35)9-13-41(36)61(42)52(27-31(52)3)48-55-49(64)68-57-48/h9-10,13-14,19-20,22-26,31-32,35,39H,7-8,11-12,15-18,21,27-28H2,1-6H3,(H,55,57,64)/t31-,32-,35-,52-,69?/m0/s1. The third kappa shape index (κ3) is 6.88. The summed E-state index contributed by atoms with van der Waals surface area (Å²) in [6.07, 6.45) is 9.51. The van der Waals surface area contributed by atoms with Crippen molar-refractivity contribution in [3.63, 3.8) is 0 Å². The van der Waals surface area contributed by atoms with Gasteiger partial charge in [0.25, 0.3) is 5.91 Å². The number of imidazole rings is 1. The second-order valence-corrected chi connectivity index (χ2v) is 23.2. The van der Waals surface area contributed by atoms with Crippen LogP contribution >= 0.6 is 0 Å². The third-order valence-electron chi connectivity index (χ3n) is 15.6. The molecular formula is C52H56FN9O6S. The van der Waals surface area contributed by atoms with E-state index in [1.54, 1.807) is 52.2 Å². The molecular weight excluding hydrogens is 898 g/mol. The molecule has 0 bridgehead atoms. The summed E-state index contributed by atoms with van der Waals surface area (Å²) in [5, 5.41) is 10.3. The molecule has 1 saturated heterocycles. The molecule has 4 aromatic heterocycles. The third-order valence-corrected chi connectivity index (χ3v) is 18.6. The van der Waals surface area contributed by atoms with Gasteiger partial charge in [-0.1, -0.05) is 18.1 Å². The topological polar surface area (TPSA) is 168 Å². The Morgan fingerprint density at radius 3 is 2.41 bits per heavy atom. The highest BCUT2D eigenvalue weighted by molar-refractivity contribution is 7.94. The zero-order valence-electron chi connectivity index (χ0n) is 39.8. The summed E-state index contributed by atoms with van der Waals surface area (Å²) >= 11 is 0. The molecule has 17 heteroatoms. The number of aromatic amines is 1. The van der Waals surface area contributed by atoms with Gasteiger partial charge >= 0.3 is 11.4 Å². The van der Waals surface area contributed by atoms with Crippen LogP contribution in [-0.4, -0.2) is 79.2 Å². The Hall–Kier alpha value is -6.33. The number of nitrogens with zero attached hydrogens (tertiary/aromatic N) is 8. The summed E-state index contributed by atoms with van der Waals surface area (Å²) < 4.78 is 52.2. The van der Waals surface area contributed by atoms with E-state index in [-0.39, 0.29) is 40.1 Å². The van der Waals surface area contributed by atoms with E-state index >= 15 is 9.18 Å². The molecule has 5 aliphatic rings. The molecule has 2 aliphatic carbocycles. The van der Waals surface area contributed by atoms with Crippen LogP contribution in [0.3, 0.4) is 0 Å². The average Bonchev–Trinajstić information content (AvgIpc) is 4.09. The maximum absolute atomic E-state index is 15.6. The van der Waals surface area contributed by atoms with E-state index in [4.69, 9.17) is 18.7 Å². The maximum atomic E-state index is 15.6. The number of H-pyrrole nitrogens is 1. The molecule has 3 aromatic carbocycles. The summed E-state index contributed by atoms with van der Waals surface area (Å²) in [7, 11) is -2.53. The van der Waals surface area contributed by atoms with Gasteiger partial charge in [0.1, 0.15) is 22.9 Å². The molecule has 5 atom stereocenters. The van der Waals surface area contributed by atoms with Gasteiger partial charge in [0, 0.05) is 60.2 Å². The van der Waals surface area contributed by atoms with Crippen LogP contribution in [0.4, 0.5) is 4.39 Å². The van der Waals surface area contributed by atoms with Gasteiger partial charge in [-0.2, -0.15) is 5.10 Å². The van der Waals surface area contributed by atoms with Gasteiger partial charge in [-0.15, -0.1) is 0 Å². The Balaban J connectivity index is 0.983. The van der Waals surface area contributed by atoms with Crippen molar-refractivity contribution in [3.8, 4) is 17.2 Å². The van der Waals surface area contributed by atoms with E-state index in [1.807, 2.05) is 36.1 Å². The van der Waals surface area contributed by atoms with Gasteiger partial charge in [0.2, 0.25) is 0 Å². The minimum Gasteiger partial charge on any atom is -0.376 e. The first-order valence-corrected chi connectivity index (χ1v) is 25.9. The summed E-state index contributed by atoms with van der Waals surface area (Å²) in [6.45, 7) is 13.3. The molecule has 358 valence electrons. The van der Waals surface area contributed by atoms with Crippen molar-refractivity contribution < 1.29 is 22.7 Å². The van der Waals surface area contributed by atoms with Gasteiger partial charge in [-0.25, -0.2) is 27.2 Å². The van der Waals surface area contributed by atoms with Crippen LogP contribution in [-0.2, 0) is 32.8 Å². The van der Waals surface area contributed by atoms with E-state index in [1.165, 1.54) is 5.56 Å². The molecule has 3 aliphatic heterocycles. The highest BCUT2D eigenvalue weighted by atomic mass is 32.2. The van der Waals surface area contributed by atoms with Crippen molar-refractivity contribution in [1.82, 2.24) is 38.5 Å². The Morgan fingerprint density at radius 2 is 1.70 bits per heavy atom. The molecule has 0 spiro atoms. The van der Waals surface area contributed by atoms with Gasteiger partial charge in [-0.05, 0) is 162 Å². The maximum Gasteiger partial charge on any atom is 0.438 e. The van der Waals surface area contributed by atoms with Crippen LogP contribution in [0.1, 0.15) is 128 Å². The molecule has 1 N–H and O–H groups in total. The number of benzene rings is 3. The van der Waals surface area contributed by atoms with Crippen LogP contribution < -0.4 is 11.4 Å². The van der Waals surface area contributed by atoms with Crippen molar-refractivity contribution in [2.75, 3.05) is 19.7 Å². The fourth-order valence-corrected chi connectivity index (χ4v) is 14.5. The molecule has 3 fully saturated rings. The molecule has 0 radical (unpaired) electrons. The molecule has 12 rings (SSSR count). The SMILES string of the molecule is Cc1cc(-n2nc3c(c2-n2ccn(-c4ccc5c(c4)CCCN=S5(=O)C4CC4)c2=O)[C@H](C)N(C(=O)c2cc4cc([C@H]5CCOC(C)(C)C5)ccc4n2[C@@]2(c4noc(=O)[nH]4)C[C@@H]2C)CC3)cc(C)c1F. The number of amides is 1. The molecule has 2 saturated carbocycles. The van der Waals surface area contributed by atoms with E-state index in [0.29, 0.717) is 84.4 Å². The highest BCUT2D eigenvalue weighted by Gasteiger charge is 2.59. The van der Waals surface area contributed by atoms with Crippen molar-refractivity contribution in [3.05, 3.63) is 139 Å². The lowest BCUT2D eigenvalue weighted by Gasteiger charge is -2.35. The minimum atomic E-state index is -2.53. The van der Waals surface area contributed by atoms with Gasteiger partial charge < -0.3 is 14.2 Å². The Morgan fingerprint density at radius 1 is 0.928 bits per heavy atom. The van der Waals surface area contributed by atoms with Crippen molar-refractivity contribution in [1.29, 1.82) is 0 Å². The highest BCUT2D eigenvalue weighted by Crippen LogP contribution is 2.56. The first kappa shape index (κ1) is 43.9. The normalized spacial score (nSPS) is 25.3. The first-order chi connectivity index (χ1) is 33.1. The number of halogens is 1. The van der Waals surface area contributed by atoms with Gasteiger partial charge in [0.15, 0.2) is 5.82 Å². The second kappa shape index (κ2) is 15.6. The number of aryl methyl sites for hydroxylation is 3. The summed E-state index contributed by atoms with van der Waals surface area (Å²) in [6, 6.07) is 17.0. The number of nitrogens with one attached hydrogen (secondary N) is 1. The number of fused-ring (bicyclic) bond motifs is 3. The zero-order valence-corrected chi connectivity index (χ0v) is 40.6. The average molecular weight is 954 g/mol. The summed E-state index contributed by atoms with van der Waals surface area (Å²) in [5.41, 5.74) is 5.49. The quantitative estimate of drug-likeness (QED) is 0.159. The Labute approximate surface area is 398 Å². The number of rotatable bonds is 8. The molecule has 1 amide bonds. The molecule has 15 nitrogen and oxygen atoms in total. The van der Waals surface area contributed by atoms with Crippen LogP contribution in [0, 0.1) is 25.6 Å². The van der Waals surface area contributed by atoms with Crippen molar-refractivity contribution in [2.45, 2.75) is 126 Å². The number of ether oxygens (including phenoxy) is 1. The van der Waals surface area contributed by atoms with E-state index in [9.17, 15) is 13.8 Å². The molecule has 69 heavy (non-hydrogen) atoms. The van der Waals surface area contributed by atoms with E-state index in [2.05, 4.69) is 53.7 Å². The predicted molar refractivity (Wildman–Crippen MR) is 258 cm³/mol. The molecule has 1 unspecified atom stereocenters.